The van der Waals surface area contributed by atoms with E-state index >= 15 is 0 Å². The molecule has 8 nitrogen and oxygen atoms in total. The van der Waals surface area contributed by atoms with Gasteiger partial charge in [0.15, 0.2) is 5.16 Å². The van der Waals surface area contributed by atoms with Gasteiger partial charge < -0.3 is 10.1 Å². The second kappa shape index (κ2) is 9.01. The molecule has 0 unspecified atom stereocenters. The highest BCUT2D eigenvalue weighted by Gasteiger charge is 2.22. The quantitative estimate of drug-likeness (QED) is 0.323. The number of aryl methyl sites for hydroxylation is 1. The Balaban J connectivity index is 1.95. The second-order valence-electron chi connectivity index (χ2n) is 5.72. The third-order valence-electron chi connectivity index (χ3n) is 3.91. The van der Waals surface area contributed by atoms with Crippen molar-refractivity contribution in [3.8, 4) is 0 Å². The molecule has 3 aromatic rings. The summed E-state index contributed by atoms with van der Waals surface area (Å²) < 4.78 is 6.74. The zero-order valence-electron chi connectivity index (χ0n) is 16.1. The van der Waals surface area contributed by atoms with Gasteiger partial charge in [0, 0.05) is 13.1 Å². The fraction of sp³-hybridized carbons (Fsp3) is 0.471. The van der Waals surface area contributed by atoms with Gasteiger partial charge in [0.05, 0.1) is 17.7 Å². The van der Waals surface area contributed by atoms with E-state index in [-0.39, 0.29) is 12.2 Å². The van der Waals surface area contributed by atoms with E-state index in [0.29, 0.717) is 38.1 Å². The van der Waals surface area contributed by atoms with Crippen molar-refractivity contribution in [1.29, 1.82) is 0 Å². The molecule has 150 valence electrons. The maximum absolute atomic E-state index is 13.0. The van der Waals surface area contributed by atoms with E-state index in [2.05, 4.69) is 20.5 Å². The van der Waals surface area contributed by atoms with Crippen molar-refractivity contribution in [1.82, 2.24) is 19.7 Å². The van der Waals surface area contributed by atoms with Crippen LogP contribution in [0.25, 0.3) is 10.2 Å². The van der Waals surface area contributed by atoms with Crippen LogP contribution in [0.5, 0.6) is 0 Å². The van der Waals surface area contributed by atoms with Crippen molar-refractivity contribution in [3.63, 3.8) is 0 Å². The van der Waals surface area contributed by atoms with E-state index in [1.807, 2.05) is 13.8 Å². The zero-order chi connectivity index (χ0) is 20.3. The summed E-state index contributed by atoms with van der Waals surface area (Å²) in [6.07, 6.45) is 0. The SMILES string of the molecule is CCNc1nnc(CSc2nc3sc(C(=O)OCC)c(C)c3c(=O)n2CC)s1. The van der Waals surface area contributed by atoms with Gasteiger partial charge in [0.25, 0.3) is 5.56 Å². The van der Waals surface area contributed by atoms with Gasteiger partial charge in [0.1, 0.15) is 14.7 Å². The number of nitrogens with zero attached hydrogens (tertiary/aromatic N) is 4. The van der Waals surface area contributed by atoms with Crippen LogP contribution < -0.4 is 10.9 Å². The fourth-order valence-corrected chi connectivity index (χ4v) is 5.61. The largest absolute Gasteiger partial charge is 0.462 e. The van der Waals surface area contributed by atoms with Crippen LogP contribution in [0.3, 0.4) is 0 Å². The number of hydrogen-bond donors (Lipinski definition) is 1. The highest BCUT2D eigenvalue weighted by atomic mass is 32.2. The van der Waals surface area contributed by atoms with E-state index in [0.717, 1.165) is 16.7 Å². The van der Waals surface area contributed by atoms with Crippen LogP contribution >= 0.6 is 34.4 Å². The van der Waals surface area contributed by atoms with Gasteiger partial charge in [-0.05, 0) is 33.3 Å². The summed E-state index contributed by atoms with van der Waals surface area (Å²) in [5, 5.41) is 14.1. The van der Waals surface area contributed by atoms with Crippen molar-refractivity contribution in [2.45, 2.75) is 45.1 Å². The van der Waals surface area contributed by atoms with Crippen LogP contribution in [0.4, 0.5) is 5.13 Å². The molecule has 0 aliphatic heterocycles. The topological polar surface area (TPSA) is 99.0 Å². The number of thioether (sulfide) groups is 1. The first-order chi connectivity index (χ1) is 13.5. The zero-order valence-corrected chi connectivity index (χ0v) is 18.5. The number of hydrogen-bond acceptors (Lipinski definition) is 10. The Morgan fingerprint density at radius 2 is 2.04 bits per heavy atom. The van der Waals surface area contributed by atoms with Gasteiger partial charge in [-0.2, -0.15) is 0 Å². The number of esters is 1. The molecular weight excluding hydrogens is 418 g/mol. The third-order valence-corrected chi connectivity index (χ3v) is 7.13. The number of fused-ring (bicyclic) bond motifs is 1. The van der Waals surface area contributed by atoms with Gasteiger partial charge in [-0.3, -0.25) is 9.36 Å². The number of nitrogens with one attached hydrogen (secondary N) is 1. The summed E-state index contributed by atoms with van der Waals surface area (Å²) in [5.41, 5.74) is 0.499. The van der Waals surface area contributed by atoms with E-state index in [1.165, 1.54) is 34.4 Å². The number of thiophene rings is 1. The number of aromatic nitrogens is 4. The van der Waals surface area contributed by atoms with Crippen molar-refractivity contribution < 1.29 is 9.53 Å². The number of anilines is 1. The lowest BCUT2D eigenvalue weighted by Gasteiger charge is -2.09. The summed E-state index contributed by atoms with van der Waals surface area (Å²) in [7, 11) is 0. The van der Waals surface area contributed by atoms with E-state index in [9.17, 15) is 9.59 Å². The molecule has 0 aliphatic carbocycles. The van der Waals surface area contributed by atoms with Crippen LogP contribution in [0.2, 0.25) is 0 Å². The Morgan fingerprint density at radius 1 is 1.25 bits per heavy atom. The Kier molecular flexibility index (Phi) is 6.68. The van der Waals surface area contributed by atoms with Crippen LogP contribution in [0, 0.1) is 6.92 Å². The predicted octanol–water partition coefficient (Wildman–Crippen LogP) is 3.54. The maximum Gasteiger partial charge on any atom is 0.348 e. The number of ether oxygens (including phenoxy) is 1. The van der Waals surface area contributed by atoms with Gasteiger partial charge in [-0.15, -0.1) is 21.5 Å². The molecule has 0 saturated carbocycles. The normalized spacial score (nSPS) is 11.1. The minimum atomic E-state index is -0.413. The molecule has 28 heavy (non-hydrogen) atoms. The molecule has 1 N–H and O–H groups in total. The lowest BCUT2D eigenvalue weighted by Crippen LogP contribution is -2.22. The first kappa shape index (κ1) is 20.7. The van der Waals surface area contributed by atoms with E-state index in [1.54, 1.807) is 18.4 Å². The monoisotopic (exact) mass is 439 g/mol. The Morgan fingerprint density at radius 3 is 2.71 bits per heavy atom. The predicted molar refractivity (Wildman–Crippen MR) is 114 cm³/mol. The molecule has 3 aromatic heterocycles. The molecule has 0 atom stereocenters. The molecule has 0 bridgehead atoms. The van der Waals surface area contributed by atoms with Crippen LogP contribution in [-0.2, 0) is 17.0 Å². The molecule has 3 rings (SSSR count). The Hall–Kier alpha value is -1.98. The summed E-state index contributed by atoms with van der Waals surface area (Å²) in [4.78, 5) is 30.9. The van der Waals surface area contributed by atoms with Crippen LogP contribution in [-0.4, -0.2) is 38.9 Å². The summed E-state index contributed by atoms with van der Waals surface area (Å²) >= 11 is 4.13. The Labute approximate surface area is 174 Å². The first-order valence-corrected chi connectivity index (χ1v) is 11.5. The maximum atomic E-state index is 13.0. The molecule has 0 aromatic carbocycles. The van der Waals surface area contributed by atoms with Gasteiger partial charge in [-0.25, -0.2) is 9.78 Å². The van der Waals surface area contributed by atoms with Gasteiger partial charge >= 0.3 is 5.97 Å². The smallest absolute Gasteiger partial charge is 0.348 e. The standard InChI is InChI=1S/C17H21N5O3S3/c1-5-18-16-21-20-10(27-16)8-26-17-19-13-11(14(23)22(17)6-2)9(4)12(28-13)15(24)25-7-3/h5-8H2,1-4H3,(H,18,21). The van der Waals surface area contributed by atoms with Crippen molar-refractivity contribution in [2.75, 3.05) is 18.5 Å². The highest BCUT2D eigenvalue weighted by molar-refractivity contribution is 7.98. The summed E-state index contributed by atoms with van der Waals surface area (Å²) in [5.74, 6) is 0.153. The summed E-state index contributed by atoms with van der Waals surface area (Å²) in [6.45, 7) is 9.00. The van der Waals surface area contributed by atoms with E-state index in [4.69, 9.17) is 4.74 Å². The van der Waals surface area contributed by atoms with Crippen molar-refractivity contribution in [2.24, 2.45) is 0 Å². The van der Waals surface area contributed by atoms with Crippen molar-refractivity contribution in [3.05, 3.63) is 25.8 Å². The molecule has 0 radical (unpaired) electrons. The molecule has 0 aliphatic rings. The molecule has 3 heterocycles. The van der Waals surface area contributed by atoms with E-state index < -0.39 is 5.97 Å². The highest BCUT2D eigenvalue weighted by Crippen LogP contribution is 2.31. The lowest BCUT2D eigenvalue weighted by molar-refractivity contribution is 0.0531. The Bertz CT molecular complexity index is 1060. The summed E-state index contributed by atoms with van der Waals surface area (Å²) in [6, 6.07) is 0. The number of carbonyl (C=O) groups excluding carboxylic acids is 1. The molecule has 11 heteroatoms. The lowest BCUT2D eigenvalue weighted by atomic mass is 10.2. The molecule has 0 spiro atoms. The molecule has 0 fully saturated rings. The van der Waals surface area contributed by atoms with Crippen LogP contribution in [0.1, 0.15) is 41.0 Å². The fourth-order valence-electron chi connectivity index (χ4n) is 2.64. The second-order valence-corrected chi connectivity index (χ2v) is 8.72. The molecular formula is C17H21N5O3S3. The molecule has 0 saturated heterocycles. The van der Waals surface area contributed by atoms with Gasteiger partial charge in [0.2, 0.25) is 5.13 Å². The number of rotatable bonds is 8. The average Bonchev–Trinajstić information content (AvgIpc) is 3.25. The van der Waals surface area contributed by atoms with Gasteiger partial charge in [-0.1, -0.05) is 23.1 Å². The first-order valence-electron chi connectivity index (χ1n) is 8.90. The minimum absolute atomic E-state index is 0.134. The van der Waals surface area contributed by atoms with Crippen LogP contribution in [0.15, 0.2) is 9.95 Å². The minimum Gasteiger partial charge on any atom is -0.462 e. The molecule has 0 amide bonds. The third kappa shape index (κ3) is 4.06. The number of carbonyl (C=O) groups is 1. The van der Waals surface area contributed by atoms with Crippen molar-refractivity contribution >= 4 is 55.8 Å². The average molecular weight is 440 g/mol.